The van der Waals surface area contributed by atoms with Crippen LogP contribution in [0.3, 0.4) is 0 Å². The highest BCUT2D eigenvalue weighted by Gasteiger charge is 2.17. The molecule has 1 aromatic heterocycles. The molecule has 0 aliphatic rings. The minimum atomic E-state index is 0.0147. The molecule has 0 aliphatic carbocycles. The monoisotopic (exact) mass is 302 g/mol. The molecule has 1 rings (SSSR count). The molecule has 1 heterocycles. The van der Waals surface area contributed by atoms with Gasteiger partial charge in [-0.1, -0.05) is 24.9 Å². The van der Waals surface area contributed by atoms with Crippen molar-refractivity contribution in [2.45, 2.75) is 52.1 Å². The van der Waals surface area contributed by atoms with Crippen LogP contribution in [0.4, 0.5) is 0 Å². The topological polar surface area (TPSA) is 55.1 Å². The van der Waals surface area contributed by atoms with Crippen molar-refractivity contribution in [3.63, 3.8) is 0 Å². The zero-order chi connectivity index (χ0) is 14.4. The molecule has 3 N–H and O–H groups in total. The Morgan fingerprint density at radius 3 is 2.58 bits per heavy atom. The Kier molecular flexibility index (Phi) is 6.83. The number of carbonyl (C=O) groups is 1. The standard InChI is InChI=1S/C14H23ClN2OS/c1-9(5-4-6-10(2)16)14(18)17-11(3)12-7-8-13(15)19-12/h7-11H,4-6,16H2,1-3H3,(H,17,18). The van der Waals surface area contributed by atoms with Crippen LogP contribution in [0.2, 0.25) is 4.34 Å². The number of hydrogen-bond donors (Lipinski definition) is 2. The summed E-state index contributed by atoms with van der Waals surface area (Å²) in [6, 6.07) is 4.04. The molecule has 108 valence electrons. The first kappa shape index (κ1) is 16.5. The van der Waals surface area contributed by atoms with Crippen molar-refractivity contribution in [1.29, 1.82) is 0 Å². The fourth-order valence-electron chi connectivity index (χ4n) is 1.86. The molecular weight excluding hydrogens is 280 g/mol. The zero-order valence-corrected chi connectivity index (χ0v) is 13.4. The van der Waals surface area contributed by atoms with E-state index in [1.165, 1.54) is 11.3 Å². The van der Waals surface area contributed by atoms with Crippen molar-refractivity contribution in [3.8, 4) is 0 Å². The first-order valence-corrected chi connectivity index (χ1v) is 7.90. The van der Waals surface area contributed by atoms with Crippen molar-refractivity contribution in [3.05, 3.63) is 21.3 Å². The molecule has 3 nitrogen and oxygen atoms in total. The first-order chi connectivity index (χ1) is 8.90. The third-order valence-electron chi connectivity index (χ3n) is 3.12. The minimum absolute atomic E-state index is 0.0147. The quantitative estimate of drug-likeness (QED) is 0.806. The summed E-state index contributed by atoms with van der Waals surface area (Å²) in [6.45, 7) is 5.94. The predicted octanol–water partition coefficient (Wildman–Crippen LogP) is 3.73. The maximum absolute atomic E-state index is 12.0. The van der Waals surface area contributed by atoms with Crippen molar-refractivity contribution < 1.29 is 4.79 Å². The van der Waals surface area contributed by atoms with Crippen molar-refractivity contribution in [1.82, 2.24) is 5.32 Å². The fraction of sp³-hybridized carbons (Fsp3) is 0.643. The summed E-state index contributed by atoms with van der Waals surface area (Å²) in [7, 11) is 0. The second-order valence-corrected chi connectivity index (χ2v) is 6.93. The van der Waals surface area contributed by atoms with Gasteiger partial charge in [-0.2, -0.15) is 0 Å². The third-order valence-corrected chi connectivity index (χ3v) is 4.54. The van der Waals surface area contributed by atoms with Gasteiger partial charge in [0.1, 0.15) is 0 Å². The average molecular weight is 303 g/mol. The van der Waals surface area contributed by atoms with Crippen molar-refractivity contribution in [2.75, 3.05) is 0 Å². The van der Waals surface area contributed by atoms with Gasteiger partial charge >= 0.3 is 0 Å². The molecule has 3 atom stereocenters. The third kappa shape index (κ3) is 5.93. The largest absolute Gasteiger partial charge is 0.349 e. The summed E-state index contributed by atoms with van der Waals surface area (Å²) < 4.78 is 0.751. The van der Waals surface area contributed by atoms with E-state index in [4.69, 9.17) is 17.3 Å². The highest BCUT2D eigenvalue weighted by Crippen LogP contribution is 2.26. The smallest absolute Gasteiger partial charge is 0.223 e. The van der Waals surface area contributed by atoms with Gasteiger partial charge < -0.3 is 11.1 Å². The van der Waals surface area contributed by atoms with Gasteiger partial charge in [-0.15, -0.1) is 11.3 Å². The molecule has 5 heteroatoms. The van der Waals surface area contributed by atoms with Crippen molar-refractivity contribution >= 4 is 28.8 Å². The Hall–Kier alpha value is -0.580. The number of nitrogens with two attached hydrogens (primary N) is 1. The van der Waals surface area contributed by atoms with E-state index in [0.717, 1.165) is 28.5 Å². The molecule has 1 amide bonds. The molecule has 0 bridgehead atoms. The number of rotatable bonds is 7. The molecule has 0 aliphatic heterocycles. The highest BCUT2D eigenvalue weighted by atomic mass is 35.5. The Labute approximate surface area is 124 Å². The van der Waals surface area contributed by atoms with Gasteiger partial charge in [0.05, 0.1) is 10.4 Å². The Balaban J connectivity index is 2.37. The van der Waals surface area contributed by atoms with E-state index in [0.29, 0.717) is 0 Å². The SMILES string of the molecule is CC(N)CCCC(C)C(=O)NC(C)c1ccc(Cl)s1. The lowest BCUT2D eigenvalue weighted by atomic mass is 10.0. The Morgan fingerprint density at radius 1 is 1.37 bits per heavy atom. The fourth-order valence-corrected chi connectivity index (χ4v) is 2.93. The average Bonchev–Trinajstić information content (AvgIpc) is 2.75. The van der Waals surface area contributed by atoms with Crippen LogP contribution in [0.1, 0.15) is 51.0 Å². The van der Waals surface area contributed by atoms with Gasteiger partial charge in [0, 0.05) is 16.8 Å². The van der Waals surface area contributed by atoms with Crippen LogP contribution >= 0.6 is 22.9 Å². The summed E-state index contributed by atoms with van der Waals surface area (Å²) in [5.41, 5.74) is 5.70. The summed E-state index contributed by atoms with van der Waals surface area (Å²) in [6.07, 6.45) is 2.84. The van der Waals surface area contributed by atoms with E-state index in [1.807, 2.05) is 32.9 Å². The second-order valence-electron chi connectivity index (χ2n) is 5.18. The van der Waals surface area contributed by atoms with Gasteiger partial charge in [0.15, 0.2) is 0 Å². The van der Waals surface area contributed by atoms with E-state index in [1.54, 1.807) is 0 Å². The van der Waals surface area contributed by atoms with Crippen LogP contribution in [0, 0.1) is 5.92 Å². The summed E-state index contributed by atoms with van der Waals surface area (Å²) in [4.78, 5) is 13.1. The molecule has 0 aromatic carbocycles. The van der Waals surface area contributed by atoms with Crippen LogP contribution in [0.15, 0.2) is 12.1 Å². The Morgan fingerprint density at radius 2 is 2.05 bits per heavy atom. The summed E-state index contributed by atoms with van der Waals surface area (Å²) >= 11 is 7.40. The minimum Gasteiger partial charge on any atom is -0.349 e. The molecule has 0 spiro atoms. The first-order valence-electron chi connectivity index (χ1n) is 6.71. The number of halogens is 1. The van der Waals surface area contributed by atoms with Gasteiger partial charge in [-0.05, 0) is 38.8 Å². The second kappa shape index (κ2) is 7.88. The summed E-state index contributed by atoms with van der Waals surface area (Å²) in [5, 5.41) is 3.03. The van der Waals surface area contributed by atoms with Crippen LogP contribution in [0.5, 0.6) is 0 Å². The zero-order valence-electron chi connectivity index (χ0n) is 11.8. The molecule has 19 heavy (non-hydrogen) atoms. The molecule has 0 radical (unpaired) electrons. The normalized spacial score (nSPS) is 15.8. The van der Waals surface area contributed by atoms with Crippen LogP contribution in [-0.2, 0) is 4.79 Å². The predicted molar refractivity (Wildman–Crippen MR) is 82.6 cm³/mol. The molecule has 1 aromatic rings. The number of nitrogens with one attached hydrogen (secondary N) is 1. The van der Waals surface area contributed by atoms with Gasteiger partial charge in [-0.25, -0.2) is 0 Å². The number of thiophene rings is 1. The number of carbonyl (C=O) groups excluding carboxylic acids is 1. The van der Waals surface area contributed by atoms with Crippen LogP contribution < -0.4 is 11.1 Å². The lowest BCUT2D eigenvalue weighted by molar-refractivity contribution is -0.125. The molecule has 3 unspecified atom stereocenters. The number of hydrogen-bond acceptors (Lipinski definition) is 3. The molecule has 0 fully saturated rings. The van der Waals surface area contributed by atoms with E-state index in [9.17, 15) is 4.79 Å². The van der Waals surface area contributed by atoms with E-state index in [-0.39, 0.29) is 23.9 Å². The van der Waals surface area contributed by atoms with E-state index >= 15 is 0 Å². The lowest BCUT2D eigenvalue weighted by Gasteiger charge is -2.17. The van der Waals surface area contributed by atoms with Gasteiger partial charge in [0.2, 0.25) is 5.91 Å². The van der Waals surface area contributed by atoms with Crippen LogP contribution in [0.25, 0.3) is 0 Å². The van der Waals surface area contributed by atoms with Crippen LogP contribution in [-0.4, -0.2) is 11.9 Å². The summed E-state index contributed by atoms with van der Waals surface area (Å²) in [5.74, 6) is 0.123. The van der Waals surface area contributed by atoms with E-state index in [2.05, 4.69) is 5.32 Å². The molecular formula is C14H23ClN2OS. The molecule has 0 saturated heterocycles. The Bertz CT molecular complexity index is 406. The van der Waals surface area contributed by atoms with Gasteiger partial charge in [0.25, 0.3) is 0 Å². The highest BCUT2D eigenvalue weighted by molar-refractivity contribution is 7.16. The maximum Gasteiger partial charge on any atom is 0.223 e. The van der Waals surface area contributed by atoms with Crippen molar-refractivity contribution in [2.24, 2.45) is 11.7 Å². The van der Waals surface area contributed by atoms with Gasteiger partial charge in [-0.3, -0.25) is 4.79 Å². The lowest BCUT2D eigenvalue weighted by Crippen LogP contribution is -2.31. The number of amides is 1. The maximum atomic E-state index is 12.0. The van der Waals surface area contributed by atoms with E-state index < -0.39 is 0 Å². The molecule has 0 saturated carbocycles.